The summed E-state index contributed by atoms with van der Waals surface area (Å²) >= 11 is 1.62. The Balaban J connectivity index is 2.49. The van der Waals surface area contributed by atoms with E-state index in [1.54, 1.807) is 18.9 Å². The maximum atomic E-state index is 9.06. The van der Waals surface area contributed by atoms with Crippen molar-refractivity contribution < 1.29 is 4.74 Å². The zero-order valence-electron chi connectivity index (χ0n) is 9.57. The fraction of sp³-hybridized carbons (Fsp3) is 0.417. The molecule has 0 radical (unpaired) electrons. The molecule has 3 nitrogen and oxygen atoms in total. The lowest BCUT2D eigenvalue weighted by Gasteiger charge is -2.30. The van der Waals surface area contributed by atoms with E-state index >= 15 is 0 Å². The van der Waals surface area contributed by atoms with Crippen LogP contribution in [0.3, 0.4) is 0 Å². The molecule has 0 aliphatic carbocycles. The normalized spacial score (nSPS) is 22.9. The summed E-state index contributed by atoms with van der Waals surface area (Å²) in [6.07, 6.45) is 0. The van der Waals surface area contributed by atoms with Gasteiger partial charge in [-0.15, -0.1) is 11.8 Å². The van der Waals surface area contributed by atoms with Crippen LogP contribution in [-0.4, -0.2) is 18.4 Å². The zero-order valence-corrected chi connectivity index (χ0v) is 10.4. The molecule has 2 unspecified atom stereocenters. The summed E-state index contributed by atoms with van der Waals surface area (Å²) < 4.78 is 5.33. The Hall–Kier alpha value is -1.34. The molecule has 0 spiro atoms. The van der Waals surface area contributed by atoms with Crippen molar-refractivity contribution in [2.24, 2.45) is 0 Å². The van der Waals surface area contributed by atoms with E-state index in [2.05, 4.69) is 18.3 Å². The molecule has 1 heterocycles. The monoisotopic (exact) mass is 234 g/mol. The lowest BCUT2D eigenvalue weighted by molar-refractivity contribution is 0.414. The highest BCUT2D eigenvalue weighted by atomic mass is 32.2. The Bertz CT molecular complexity index is 453. The zero-order chi connectivity index (χ0) is 11.7. The fourth-order valence-corrected chi connectivity index (χ4v) is 2.91. The van der Waals surface area contributed by atoms with Gasteiger partial charge in [0.25, 0.3) is 0 Å². The van der Waals surface area contributed by atoms with Crippen molar-refractivity contribution in [2.75, 3.05) is 12.4 Å². The number of hydrogen-bond acceptors (Lipinski definition) is 4. The summed E-state index contributed by atoms with van der Waals surface area (Å²) in [6.45, 7) is 4.07. The van der Waals surface area contributed by atoms with Gasteiger partial charge in [0.15, 0.2) is 0 Å². The van der Waals surface area contributed by atoms with Crippen LogP contribution in [0.2, 0.25) is 0 Å². The lowest BCUT2D eigenvalue weighted by Crippen LogP contribution is -2.31. The third-order valence-electron chi connectivity index (χ3n) is 2.73. The number of anilines is 1. The quantitative estimate of drug-likeness (QED) is 0.811. The van der Waals surface area contributed by atoms with Gasteiger partial charge < -0.3 is 10.1 Å². The smallest absolute Gasteiger partial charge is 0.143 e. The van der Waals surface area contributed by atoms with Crippen LogP contribution in [0, 0.1) is 18.3 Å². The maximum absolute atomic E-state index is 9.06. The highest BCUT2D eigenvalue weighted by Crippen LogP contribution is 2.44. The average Bonchev–Trinajstić information content (AvgIpc) is 2.29. The topological polar surface area (TPSA) is 45.0 Å². The number of nitriles is 1. The van der Waals surface area contributed by atoms with Crippen LogP contribution in [0.4, 0.5) is 5.69 Å². The van der Waals surface area contributed by atoms with Gasteiger partial charge in [-0.2, -0.15) is 5.26 Å². The Morgan fingerprint density at radius 1 is 1.50 bits per heavy atom. The minimum Gasteiger partial charge on any atom is -0.495 e. The number of fused-ring (bicyclic) bond motifs is 1. The van der Waals surface area contributed by atoms with E-state index in [4.69, 9.17) is 10.00 Å². The van der Waals surface area contributed by atoms with E-state index in [1.165, 1.54) is 5.56 Å². The Labute approximate surface area is 99.8 Å². The lowest BCUT2D eigenvalue weighted by atomic mass is 10.1. The van der Waals surface area contributed by atoms with Gasteiger partial charge in [-0.25, -0.2) is 0 Å². The number of nitrogens with zero attached hydrogens (tertiary/aromatic N) is 1. The molecule has 2 atom stereocenters. The predicted octanol–water partition coefficient (Wildman–Crippen LogP) is 2.80. The molecule has 1 aromatic rings. The number of methoxy groups -OCH3 is 1. The van der Waals surface area contributed by atoms with Gasteiger partial charge in [0.2, 0.25) is 0 Å². The molecular weight excluding hydrogens is 220 g/mol. The van der Waals surface area contributed by atoms with Gasteiger partial charge in [-0.1, -0.05) is 6.07 Å². The maximum Gasteiger partial charge on any atom is 0.143 e. The molecule has 0 saturated carbocycles. The van der Waals surface area contributed by atoms with Gasteiger partial charge in [0.05, 0.1) is 18.9 Å². The Morgan fingerprint density at radius 3 is 2.88 bits per heavy atom. The SMILES string of the molecule is COc1ccc(C)c2c1NC(C)C(C#N)S2. The van der Waals surface area contributed by atoms with Gasteiger partial charge in [0, 0.05) is 10.9 Å². The van der Waals surface area contributed by atoms with Crippen molar-refractivity contribution in [3.63, 3.8) is 0 Å². The molecule has 2 rings (SSSR count). The number of thioether (sulfide) groups is 1. The van der Waals surface area contributed by atoms with Crippen LogP contribution < -0.4 is 10.1 Å². The second-order valence-electron chi connectivity index (χ2n) is 3.89. The Morgan fingerprint density at radius 2 is 2.25 bits per heavy atom. The van der Waals surface area contributed by atoms with Crippen molar-refractivity contribution in [2.45, 2.75) is 30.0 Å². The van der Waals surface area contributed by atoms with Crippen LogP contribution in [0.1, 0.15) is 12.5 Å². The Kier molecular flexibility index (Phi) is 2.97. The number of rotatable bonds is 1. The first-order valence-corrected chi connectivity index (χ1v) is 6.05. The number of nitrogens with one attached hydrogen (secondary N) is 1. The van der Waals surface area contributed by atoms with Crippen LogP contribution in [-0.2, 0) is 0 Å². The van der Waals surface area contributed by atoms with Gasteiger partial charge in [0.1, 0.15) is 11.0 Å². The van der Waals surface area contributed by atoms with E-state index in [-0.39, 0.29) is 11.3 Å². The number of hydrogen-bond donors (Lipinski definition) is 1. The minimum atomic E-state index is -0.0432. The highest BCUT2D eigenvalue weighted by Gasteiger charge is 2.28. The van der Waals surface area contributed by atoms with Crippen LogP contribution in [0.15, 0.2) is 17.0 Å². The fourth-order valence-electron chi connectivity index (χ4n) is 1.80. The number of aryl methyl sites for hydroxylation is 1. The van der Waals surface area contributed by atoms with Crippen LogP contribution in [0.25, 0.3) is 0 Å². The number of benzene rings is 1. The van der Waals surface area contributed by atoms with Crippen molar-refractivity contribution >= 4 is 17.4 Å². The molecule has 0 bridgehead atoms. The number of ether oxygens (including phenoxy) is 1. The molecular formula is C12H14N2OS. The molecule has 4 heteroatoms. The first-order valence-electron chi connectivity index (χ1n) is 5.17. The summed E-state index contributed by atoms with van der Waals surface area (Å²) in [7, 11) is 1.67. The summed E-state index contributed by atoms with van der Waals surface area (Å²) in [5.41, 5.74) is 2.20. The first-order chi connectivity index (χ1) is 7.67. The second-order valence-corrected chi connectivity index (χ2v) is 5.04. The molecule has 84 valence electrons. The van der Waals surface area contributed by atoms with E-state index in [0.717, 1.165) is 16.3 Å². The van der Waals surface area contributed by atoms with Crippen molar-refractivity contribution in [1.82, 2.24) is 0 Å². The molecule has 1 aromatic carbocycles. The van der Waals surface area contributed by atoms with Gasteiger partial charge in [-0.3, -0.25) is 0 Å². The third kappa shape index (κ3) is 1.72. The molecule has 1 aliphatic heterocycles. The predicted molar refractivity (Wildman–Crippen MR) is 66.1 cm³/mol. The highest BCUT2D eigenvalue weighted by molar-refractivity contribution is 8.00. The van der Waals surface area contributed by atoms with E-state index in [1.807, 2.05) is 19.1 Å². The average molecular weight is 234 g/mol. The summed E-state index contributed by atoms with van der Waals surface area (Å²) in [5, 5.41) is 12.4. The summed E-state index contributed by atoms with van der Waals surface area (Å²) in [6, 6.07) is 6.44. The molecule has 0 aromatic heterocycles. The van der Waals surface area contributed by atoms with Crippen molar-refractivity contribution in [3.05, 3.63) is 17.7 Å². The summed E-state index contributed by atoms with van der Waals surface area (Å²) in [5.74, 6) is 0.844. The van der Waals surface area contributed by atoms with E-state index < -0.39 is 0 Å². The second kappa shape index (κ2) is 4.26. The van der Waals surface area contributed by atoms with E-state index in [0.29, 0.717) is 0 Å². The standard InChI is InChI=1S/C12H14N2OS/c1-7-4-5-9(15-3)11-12(7)16-10(6-13)8(2)14-11/h4-5,8,10,14H,1-3H3. The molecule has 0 fully saturated rings. The molecule has 1 aliphatic rings. The minimum absolute atomic E-state index is 0.0432. The third-order valence-corrected chi connectivity index (χ3v) is 4.26. The van der Waals surface area contributed by atoms with Crippen molar-refractivity contribution in [3.8, 4) is 11.8 Å². The van der Waals surface area contributed by atoms with Gasteiger partial charge in [-0.05, 0) is 25.5 Å². The van der Waals surface area contributed by atoms with Crippen LogP contribution >= 0.6 is 11.8 Å². The largest absolute Gasteiger partial charge is 0.495 e. The summed E-state index contributed by atoms with van der Waals surface area (Å²) in [4.78, 5) is 1.13. The molecule has 0 amide bonds. The first kappa shape index (κ1) is 11.2. The van der Waals surface area contributed by atoms with Crippen molar-refractivity contribution in [1.29, 1.82) is 5.26 Å². The molecule has 16 heavy (non-hydrogen) atoms. The molecule has 0 saturated heterocycles. The van der Waals surface area contributed by atoms with Crippen LogP contribution in [0.5, 0.6) is 5.75 Å². The van der Waals surface area contributed by atoms with E-state index in [9.17, 15) is 0 Å². The molecule has 1 N–H and O–H groups in total. The van der Waals surface area contributed by atoms with Gasteiger partial charge >= 0.3 is 0 Å².